The molecule has 1 N–H and O–H groups in total. The number of carbonyl (C=O) groups excluding carboxylic acids is 2. The van der Waals surface area contributed by atoms with E-state index in [1.165, 1.54) is 0 Å². The maximum absolute atomic E-state index is 11.9. The number of thioether (sulfide) groups is 1. The predicted molar refractivity (Wildman–Crippen MR) is 77.3 cm³/mol. The van der Waals surface area contributed by atoms with E-state index in [0.717, 1.165) is 0 Å². The van der Waals surface area contributed by atoms with E-state index in [-0.39, 0.29) is 10.7 Å². The van der Waals surface area contributed by atoms with Gasteiger partial charge < -0.3 is 15.0 Å². The van der Waals surface area contributed by atoms with E-state index in [2.05, 4.69) is 19.2 Å². The lowest BCUT2D eigenvalue weighted by Crippen LogP contribution is -2.65. The Kier molecular flexibility index (Phi) is 4.76. The molecular weight excluding hydrogens is 264 g/mol. The molecule has 0 radical (unpaired) electrons. The number of nitrogens with zero attached hydrogens (tertiary/aromatic N) is 1. The summed E-state index contributed by atoms with van der Waals surface area (Å²) in [6.45, 7) is 10.8. The van der Waals surface area contributed by atoms with Crippen molar-refractivity contribution in [2.75, 3.05) is 19.3 Å². The lowest BCUT2D eigenvalue weighted by atomic mass is 10.0. The zero-order valence-corrected chi connectivity index (χ0v) is 13.4. The lowest BCUT2D eigenvalue weighted by molar-refractivity contribution is -0.144. The van der Waals surface area contributed by atoms with Gasteiger partial charge in [-0.2, -0.15) is 11.8 Å². The molecule has 0 spiro atoms. The molecule has 0 aromatic rings. The molecular formula is C13H24N2O3S. The third-order valence-electron chi connectivity index (χ3n) is 2.83. The number of hydrogen-bond acceptors (Lipinski definition) is 4. The van der Waals surface area contributed by atoms with Gasteiger partial charge in [0.1, 0.15) is 11.6 Å². The summed E-state index contributed by atoms with van der Waals surface area (Å²) < 4.78 is 5.16. The largest absolute Gasteiger partial charge is 0.444 e. The first-order valence-corrected chi connectivity index (χ1v) is 7.60. The van der Waals surface area contributed by atoms with Crippen molar-refractivity contribution in [3.63, 3.8) is 0 Å². The van der Waals surface area contributed by atoms with Gasteiger partial charge >= 0.3 is 6.09 Å². The van der Waals surface area contributed by atoms with Gasteiger partial charge in [0.2, 0.25) is 5.91 Å². The second kappa shape index (κ2) is 5.61. The van der Waals surface area contributed by atoms with Crippen LogP contribution in [0.15, 0.2) is 0 Å². The number of nitrogens with one attached hydrogen (secondary N) is 1. The van der Waals surface area contributed by atoms with Crippen LogP contribution >= 0.6 is 11.8 Å². The molecule has 1 atom stereocenters. The van der Waals surface area contributed by atoms with E-state index in [1.54, 1.807) is 37.4 Å². The SMILES string of the molecule is CSC(C)(C)CN1CC(NC(=O)OC(C)(C)C)C1=O. The molecule has 1 aliphatic heterocycles. The fraction of sp³-hybridized carbons (Fsp3) is 0.846. The first-order valence-electron chi connectivity index (χ1n) is 6.37. The molecule has 1 heterocycles. The van der Waals surface area contributed by atoms with Crippen LogP contribution in [-0.4, -0.2) is 52.6 Å². The van der Waals surface area contributed by atoms with Crippen LogP contribution in [-0.2, 0) is 9.53 Å². The minimum Gasteiger partial charge on any atom is -0.444 e. The fourth-order valence-electron chi connectivity index (χ4n) is 1.72. The smallest absolute Gasteiger partial charge is 0.408 e. The Morgan fingerprint density at radius 3 is 2.42 bits per heavy atom. The molecule has 19 heavy (non-hydrogen) atoms. The second-order valence-corrected chi connectivity index (χ2v) is 7.89. The lowest BCUT2D eigenvalue weighted by Gasteiger charge is -2.42. The highest BCUT2D eigenvalue weighted by atomic mass is 32.2. The molecule has 1 fully saturated rings. The molecule has 1 rings (SSSR count). The number of rotatable bonds is 4. The molecule has 5 nitrogen and oxygen atoms in total. The number of likely N-dealkylation sites (tertiary alicyclic amines) is 1. The van der Waals surface area contributed by atoms with Crippen molar-refractivity contribution in [3.8, 4) is 0 Å². The molecule has 1 saturated heterocycles. The topological polar surface area (TPSA) is 58.6 Å². The van der Waals surface area contributed by atoms with E-state index in [4.69, 9.17) is 4.74 Å². The Bertz CT molecular complexity index is 363. The van der Waals surface area contributed by atoms with E-state index in [1.807, 2.05) is 6.26 Å². The third kappa shape index (κ3) is 4.93. The van der Waals surface area contributed by atoms with Crippen LogP contribution < -0.4 is 5.32 Å². The van der Waals surface area contributed by atoms with Crippen LogP contribution in [0, 0.1) is 0 Å². The molecule has 0 aliphatic carbocycles. The summed E-state index contributed by atoms with van der Waals surface area (Å²) in [5, 5.41) is 2.60. The van der Waals surface area contributed by atoms with Crippen LogP contribution in [0.1, 0.15) is 34.6 Å². The third-order valence-corrected chi connectivity index (χ3v) is 4.06. The minimum atomic E-state index is -0.544. The normalized spacial score (nSPS) is 20.0. The van der Waals surface area contributed by atoms with E-state index in [9.17, 15) is 9.59 Å². The number of β-lactam (4-membered cyclic amide) rings is 1. The van der Waals surface area contributed by atoms with Gasteiger partial charge in [0.05, 0.1) is 6.54 Å². The summed E-state index contributed by atoms with van der Waals surface area (Å²) in [5.41, 5.74) is -0.544. The summed E-state index contributed by atoms with van der Waals surface area (Å²) in [5.74, 6) is -0.0343. The number of ether oxygens (including phenoxy) is 1. The Hall–Kier alpha value is -0.910. The molecule has 1 unspecified atom stereocenters. The van der Waals surface area contributed by atoms with Crippen molar-refractivity contribution in [2.24, 2.45) is 0 Å². The fourth-order valence-corrected chi connectivity index (χ4v) is 2.01. The number of alkyl carbamates (subject to hydrolysis) is 1. The highest BCUT2D eigenvalue weighted by Gasteiger charge is 2.40. The number of amides is 2. The summed E-state index contributed by atoms with van der Waals surface area (Å²) in [7, 11) is 0. The van der Waals surface area contributed by atoms with Gasteiger partial charge in [-0.15, -0.1) is 0 Å². The van der Waals surface area contributed by atoms with Crippen LogP contribution in [0.3, 0.4) is 0 Å². The van der Waals surface area contributed by atoms with Gasteiger partial charge in [0, 0.05) is 11.3 Å². The quantitative estimate of drug-likeness (QED) is 0.802. The number of hydrogen-bond donors (Lipinski definition) is 1. The van der Waals surface area contributed by atoms with Crippen molar-refractivity contribution in [1.29, 1.82) is 0 Å². The molecule has 0 bridgehead atoms. The number of carbonyl (C=O) groups is 2. The summed E-state index contributed by atoms with van der Waals surface area (Å²) in [6.07, 6.45) is 1.50. The molecule has 0 aromatic heterocycles. The average Bonchev–Trinajstić information content (AvgIpc) is 2.24. The zero-order chi connectivity index (χ0) is 14.8. The highest BCUT2D eigenvalue weighted by Crippen LogP contribution is 2.25. The van der Waals surface area contributed by atoms with E-state index in [0.29, 0.717) is 13.1 Å². The highest BCUT2D eigenvalue weighted by molar-refractivity contribution is 7.99. The molecule has 110 valence electrons. The predicted octanol–water partition coefficient (Wildman–Crippen LogP) is 1.86. The van der Waals surface area contributed by atoms with Crippen LogP contribution in [0.2, 0.25) is 0 Å². The van der Waals surface area contributed by atoms with Crippen molar-refractivity contribution >= 4 is 23.8 Å². The Morgan fingerprint density at radius 2 is 2.00 bits per heavy atom. The van der Waals surface area contributed by atoms with Crippen LogP contribution in [0.4, 0.5) is 4.79 Å². The van der Waals surface area contributed by atoms with Crippen LogP contribution in [0.25, 0.3) is 0 Å². The molecule has 0 aromatic carbocycles. The van der Waals surface area contributed by atoms with Gasteiger partial charge in [-0.05, 0) is 40.9 Å². The van der Waals surface area contributed by atoms with Crippen molar-refractivity contribution < 1.29 is 14.3 Å². The standard InChI is InChI=1S/C13H24N2O3S/c1-12(2,3)18-11(17)14-9-7-15(10(9)16)8-13(4,5)19-6/h9H,7-8H2,1-6H3,(H,14,17). The van der Waals surface area contributed by atoms with E-state index < -0.39 is 17.7 Å². The zero-order valence-electron chi connectivity index (χ0n) is 12.6. The molecule has 2 amide bonds. The van der Waals surface area contributed by atoms with Gasteiger partial charge in [0.25, 0.3) is 0 Å². The first-order chi connectivity index (χ1) is 8.54. The van der Waals surface area contributed by atoms with Gasteiger partial charge in [0.15, 0.2) is 0 Å². The van der Waals surface area contributed by atoms with Crippen LogP contribution in [0.5, 0.6) is 0 Å². The van der Waals surface area contributed by atoms with Crippen molar-refractivity contribution in [3.05, 3.63) is 0 Å². The average molecular weight is 288 g/mol. The van der Waals surface area contributed by atoms with Gasteiger partial charge in [-0.3, -0.25) is 4.79 Å². The summed E-state index contributed by atoms with van der Waals surface area (Å²) >= 11 is 1.72. The maximum Gasteiger partial charge on any atom is 0.408 e. The van der Waals surface area contributed by atoms with Crippen molar-refractivity contribution in [1.82, 2.24) is 10.2 Å². The second-order valence-electron chi connectivity index (χ2n) is 6.38. The summed E-state index contributed by atoms with van der Waals surface area (Å²) in [4.78, 5) is 25.2. The van der Waals surface area contributed by atoms with Gasteiger partial charge in [-0.1, -0.05) is 0 Å². The molecule has 0 saturated carbocycles. The van der Waals surface area contributed by atoms with E-state index >= 15 is 0 Å². The Labute approximate surface area is 119 Å². The molecule has 6 heteroatoms. The summed E-state index contributed by atoms with van der Waals surface area (Å²) in [6, 6.07) is -0.437. The maximum atomic E-state index is 11.9. The first kappa shape index (κ1) is 16.1. The Balaban J connectivity index is 2.38. The minimum absolute atomic E-state index is 0.0343. The van der Waals surface area contributed by atoms with Gasteiger partial charge in [-0.25, -0.2) is 4.79 Å². The monoisotopic (exact) mass is 288 g/mol. The molecule has 1 aliphatic rings. The Morgan fingerprint density at radius 1 is 1.42 bits per heavy atom. The van der Waals surface area contributed by atoms with Crippen molar-refractivity contribution in [2.45, 2.75) is 51.0 Å².